The normalized spacial score (nSPS) is 27.4. The van der Waals surface area contributed by atoms with Gasteiger partial charge >= 0.3 is 0 Å². The van der Waals surface area contributed by atoms with Crippen LogP contribution in [-0.4, -0.2) is 10.7 Å². The average molecular weight is 222 g/mol. The van der Waals surface area contributed by atoms with Gasteiger partial charge in [0.05, 0.1) is 5.60 Å². The topological polar surface area (TPSA) is 20.2 Å². The minimum absolute atomic E-state index is 0.399. The molecule has 0 aromatic rings. The Morgan fingerprint density at radius 2 is 2.31 bits per heavy atom. The molecular weight excluding hydrogens is 196 g/mol. The quantitative estimate of drug-likeness (QED) is 0.690. The molecule has 2 atom stereocenters. The fourth-order valence-corrected chi connectivity index (χ4v) is 2.40. The molecule has 0 aromatic heterocycles. The highest BCUT2D eigenvalue weighted by Crippen LogP contribution is 2.35. The van der Waals surface area contributed by atoms with E-state index in [2.05, 4.69) is 33.4 Å². The molecule has 1 heteroatoms. The highest BCUT2D eigenvalue weighted by Gasteiger charge is 2.33. The van der Waals surface area contributed by atoms with Crippen molar-refractivity contribution in [3.05, 3.63) is 23.8 Å². The fourth-order valence-electron chi connectivity index (χ4n) is 2.40. The molecule has 0 heterocycles. The first-order chi connectivity index (χ1) is 7.44. The van der Waals surface area contributed by atoms with Gasteiger partial charge in [0.15, 0.2) is 0 Å². The Labute approximate surface area is 100 Å². The second-order valence-electron chi connectivity index (χ2n) is 5.61. The van der Waals surface area contributed by atoms with Crippen LogP contribution in [0.2, 0.25) is 0 Å². The summed E-state index contributed by atoms with van der Waals surface area (Å²) in [5.41, 5.74) is 2.23. The van der Waals surface area contributed by atoms with Gasteiger partial charge in [-0.25, -0.2) is 0 Å². The molecule has 0 saturated carbocycles. The number of allylic oxidation sites excluding steroid dienone is 2. The molecule has 0 saturated heterocycles. The molecule has 0 aliphatic heterocycles. The van der Waals surface area contributed by atoms with E-state index in [4.69, 9.17) is 0 Å². The van der Waals surface area contributed by atoms with Gasteiger partial charge in [-0.2, -0.15) is 0 Å². The Morgan fingerprint density at radius 3 is 2.81 bits per heavy atom. The summed E-state index contributed by atoms with van der Waals surface area (Å²) in [6.07, 6.45) is 8.39. The third-order valence-electron chi connectivity index (χ3n) is 3.91. The zero-order chi connectivity index (χ0) is 12.2. The third-order valence-corrected chi connectivity index (χ3v) is 3.91. The van der Waals surface area contributed by atoms with E-state index in [1.165, 1.54) is 11.1 Å². The summed E-state index contributed by atoms with van der Waals surface area (Å²) < 4.78 is 0. The molecule has 0 amide bonds. The van der Waals surface area contributed by atoms with E-state index < -0.39 is 5.60 Å². The molecule has 16 heavy (non-hydrogen) atoms. The van der Waals surface area contributed by atoms with Gasteiger partial charge in [-0.3, -0.25) is 0 Å². The molecule has 0 radical (unpaired) electrons. The fraction of sp³-hybridized carbons (Fsp3) is 0.733. The molecule has 2 unspecified atom stereocenters. The molecule has 1 N–H and O–H groups in total. The lowest BCUT2D eigenvalue weighted by molar-refractivity contribution is -0.0243. The van der Waals surface area contributed by atoms with Crippen LogP contribution < -0.4 is 0 Å². The van der Waals surface area contributed by atoms with E-state index in [9.17, 15) is 5.11 Å². The lowest BCUT2D eigenvalue weighted by Gasteiger charge is -2.36. The summed E-state index contributed by atoms with van der Waals surface area (Å²) in [5, 5.41) is 10.6. The van der Waals surface area contributed by atoms with Gasteiger partial charge in [0.2, 0.25) is 0 Å². The van der Waals surface area contributed by atoms with Gasteiger partial charge in [-0.1, -0.05) is 24.1 Å². The molecule has 0 bridgehead atoms. The Kier molecular flexibility index (Phi) is 4.79. The minimum Gasteiger partial charge on any atom is -0.389 e. The van der Waals surface area contributed by atoms with Crippen LogP contribution in [0.15, 0.2) is 23.8 Å². The Bertz CT molecular complexity index is 277. The van der Waals surface area contributed by atoms with E-state index in [1.807, 2.05) is 0 Å². The van der Waals surface area contributed by atoms with E-state index >= 15 is 0 Å². The zero-order valence-electron chi connectivity index (χ0n) is 11.1. The van der Waals surface area contributed by atoms with Crippen molar-refractivity contribution in [1.29, 1.82) is 0 Å². The maximum Gasteiger partial charge on any atom is 0.0710 e. The van der Waals surface area contributed by atoms with Gasteiger partial charge in [-0.05, 0) is 58.3 Å². The molecule has 0 fully saturated rings. The smallest absolute Gasteiger partial charge is 0.0710 e. The first-order valence-electron chi connectivity index (χ1n) is 6.46. The van der Waals surface area contributed by atoms with Crippen molar-refractivity contribution < 1.29 is 5.11 Å². The summed E-state index contributed by atoms with van der Waals surface area (Å²) >= 11 is 0. The van der Waals surface area contributed by atoms with Crippen molar-refractivity contribution in [2.24, 2.45) is 5.92 Å². The SMILES string of the molecule is C=C(C)CCCC(C)C1(O)CC=C(C)CC1. The van der Waals surface area contributed by atoms with Crippen LogP contribution in [0.4, 0.5) is 0 Å². The largest absolute Gasteiger partial charge is 0.389 e. The van der Waals surface area contributed by atoms with Gasteiger partial charge in [0, 0.05) is 0 Å². The number of hydrogen-bond donors (Lipinski definition) is 1. The molecule has 0 spiro atoms. The van der Waals surface area contributed by atoms with Crippen LogP contribution in [0.3, 0.4) is 0 Å². The number of aliphatic hydroxyl groups is 1. The predicted molar refractivity (Wildman–Crippen MR) is 70.4 cm³/mol. The predicted octanol–water partition coefficient (Wildman–Crippen LogP) is 4.23. The van der Waals surface area contributed by atoms with E-state index in [-0.39, 0.29) is 0 Å². The van der Waals surface area contributed by atoms with Crippen LogP contribution in [0.25, 0.3) is 0 Å². The van der Waals surface area contributed by atoms with Gasteiger partial charge < -0.3 is 5.11 Å². The van der Waals surface area contributed by atoms with Crippen molar-refractivity contribution in [3.63, 3.8) is 0 Å². The monoisotopic (exact) mass is 222 g/mol. The lowest BCUT2D eigenvalue weighted by atomic mass is 9.75. The van der Waals surface area contributed by atoms with Crippen molar-refractivity contribution in [3.8, 4) is 0 Å². The van der Waals surface area contributed by atoms with E-state index in [0.717, 1.165) is 38.5 Å². The third kappa shape index (κ3) is 3.79. The number of hydrogen-bond acceptors (Lipinski definition) is 1. The maximum absolute atomic E-state index is 10.6. The van der Waals surface area contributed by atoms with E-state index in [1.54, 1.807) is 0 Å². The molecule has 92 valence electrons. The Hall–Kier alpha value is -0.560. The molecule has 1 aliphatic carbocycles. The summed E-state index contributed by atoms with van der Waals surface area (Å²) in [7, 11) is 0. The Balaban J connectivity index is 2.41. The van der Waals surface area contributed by atoms with Gasteiger partial charge in [-0.15, -0.1) is 6.58 Å². The van der Waals surface area contributed by atoms with Crippen molar-refractivity contribution in [1.82, 2.24) is 0 Å². The van der Waals surface area contributed by atoms with E-state index in [0.29, 0.717) is 5.92 Å². The summed E-state index contributed by atoms with van der Waals surface area (Å²) in [6, 6.07) is 0. The van der Waals surface area contributed by atoms with Crippen LogP contribution in [-0.2, 0) is 0 Å². The average Bonchev–Trinajstić information content (AvgIpc) is 2.22. The molecule has 1 aliphatic rings. The first-order valence-corrected chi connectivity index (χ1v) is 6.46. The van der Waals surface area contributed by atoms with Crippen molar-refractivity contribution in [2.75, 3.05) is 0 Å². The number of rotatable bonds is 5. The maximum atomic E-state index is 10.6. The standard InChI is InChI=1S/C15H26O/c1-12(2)6-5-7-14(4)15(16)10-8-13(3)9-11-15/h8,14,16H,1,5-7,9-11H2,2-4H3. The lowest BCUT2D eigenvalue weighted by Crippen LogP contribution is -2.37. The summed E-state index contributed by atoms with van der Waals surface area (Å²) in [5.74, 6) is 0.399. The van der Waals surface area contributed by atoms with Crippen molar-refractivity contribution >= 4 is 0 Å². The van der Waals surface area contributed by atoms with Crippen LogP contribution in [0.1, 0.15) is 59.3 Å². The summed E-state index contributed by atoms with van der Waals surface area (Å²) in [6.45, 7) is 10.3. The second kappa shape index (κ2) is 5.67. The molecular formula is C15H26O. The molecule has 1 rings (SSSR count). The van der Waals surface area contributed by atoms with Gasteiger partial charge in [0.25, 0.3) is 0 Å². The molecule has 1 nitrogen and oxygen atoms in total. The van der Waals surface area contributed by atoms with Crippen LogP contribution >= 0.6 is 0 Å². The van der Waals surface area contributed by atoms with Crippen molar-refractivity contribution in [2.45, 2.75) is 64.9 Å². The second-order valence-corrected chi connectivity index (χ2v) is 5.61. The highest BCUT2D eigenvalue weighted by molar-refractivity contribution is 5.08. The zero-order valence-corrected chi connectivity index (χ0v) is 11.1. The summed E-state index contributed by atoms with van der Waals surface area (Å²) in [4.78, 5) is 0. The minimum atomic E-state index is -0.450. The van der Waals surface area contributed by atoms with Crippen LogP contribution in [0, 0.1) is 5.92 Å². The molecule has 0 aromatic carbocycles. The van der Waals surface area contributed by atoms with Gasteiger partial charge in [0.1, 0.15) is 0 Å². The first kappa shape index (κ1) is 13.5. The van der Waals surface area contributed by atoms with Crippen LogP contribution in [0.5, 0.6) is 0 Å². The Morgan fingerprint density at radius 1 is 1.62 bits per heavy atom. The highest BCUT2D eigenvalue weighted by atomic mass is 16.3.